The minimum Gasteiger partial charge on any atom is -0.311 e. The van der Waals surface area contributed by atoms with Crippen LogP contribution in [0.2, 0.25) is 0 Å². The molecule has 4 rings (SSSR count). The summed E-state index contributed by atoms with van der Waals surface area (Å²) in [6.45, 7) is 6.76. The standard InChI is InChI=1S/C22H26N2O3S/c1-4-15-5-9-17(10-6-15)23-28(26,27)18-11-12-20-19(13-18)22(2,3)14-24(20)21(25)16-7-8-16/h5-6,9-13,16,23H,4,7-8,14H2,1-3H3. The van der Waals surface area contributed by atoms with Crippen molar-refractivity contribution in [3.05, 3.63) is 53.6 Å². The van der Waals surface area contributed by atoms with Crippen LogP contribution in [0.15, 0.2) is 47.4 Å². The fourth-order valence-electron chi connectivity index (χ4n) is 3.80. The van der Waals surface area contributed by atoms with Gasteiger partial charge in [-0.25, -0.2) is 8.42 Å². The predicted molar refractivity (Wildman–Crippen MR) is 111 cm³/mol. The molecule has 1 fully saturated rings. The molecule has 28 heavy (non-hydrogen) atoms. The first-order valence-corrected chi connectivity index (χ1v) is 11.3. The molecule has 2 aliphatic rings. The lowest BCUT2D eigenvalue weighted by molar-refractivity contribution is -0.119. The summed E-state index contributed by atoms with van der Waals surface area (Å²) >= 11 is 0. The maximum absolute atomic E-state index is 12.9. The average molecular weight is 399 g/mol. The van der Waals surface area contributed by atoms with Gasteiger partial charge in [0, 0.05) is 29.3 Å². The van der Waals surface area contributed by atoms with Crippen LogP contribution in [-0.4, -0.2) is 20.9 Å². The zero-order valence-corrected chi connectivity index (χ0v) is 17.3. The zero-order chi connectivity index (χ0) is 20.1. The Bertz CT molecular complexity index is 1020. The van der Waals surface area contributed by atoms with Crippen molar-refractivity contribution in [2.45, 2.75) is 50.3 Å². The van der Waals surface area contributed by atoms with E-state index in [1.807, 2.05) is 17.0 Å². The van der Waals surface area contributed by atoms with Crippen LogP contribution >= 0.6 is 0 Å². The van der Waals surface area contributed by atoms with Crippen LogP contribution in [0, 0.1) is 5.92 Å². The zero-order valence-electron chi connectivity index (χ0n) is 16.5. The van der Waals surface area contributed by atoms with Crippen molar-refractivity contribution >= 4 is 27.3 Å². The van der Waals surface area contributed by atoms with E-state index in [1.165, 1.54) is 0 Å². The predicted octanol–water partition coefficient (Wildman–Crippen LogP) is 4.08. The van der Waals surface area contributed by atoms with Gasteiger partial charge in [-0.05, 0) is 60.7 Å². The Morgan fingerprint density at radius 3 is 2.43 bits per heavy atom. The van der Waals surface area contributed by atoms with Crippen molar-refractivity contribution < 1.29 is 13.2 Å². The SMILES string of the molecule is CCc1ccc(NS(=O)(=O)c2ccc3c(c2)C(C)(C)CN3C(=O)C2CC2)cc1. The molecule has 0 radical (unpaired) electrons. The van der Waals surface area contributed by atoms with Crippen molar-refractivity contribution in [3.8, 4) is 0 Å². The van der Waals surface area contributed by atoms with Crippen molar-refractivity contribution in [1.82, 2.24) is 0 Å². The molecule has 0 saturated heterocycles. The molecule has 148 valence electrons. The molecule has 0 atom stereocenters. The maximum Gasteiger partial charge on any atom is 0.261 e. The van der Waals surface area contributed by atoms with Crippen LogP contribution in [0.1, 0.15) is 44.7 Å². The summed E-state index contributed by atoms with van der Waals surface area (Å²) in [5, 5.41) is 0. The highest BCUT2D eigenvalue weighted by molar-refractivity contribution is 7.92. The van der Waals surface area contributed by atoms with E-state index in [9.17, 15) is 13.2 Å². The fraction of sp³-hybridized carbons (Fsp3) is 0.409. The van der Waals surface area contributed by atoms with E-state index in [0.717, 1.165) is 36.1 Å². The monoisotopic (exact) mass is 398 g/mol. The lowest BCUT2D eigenvalue weighted by Crippen LogP contribution is -2.34. The van der Waals surface area contributed by atoms with Crippen LogP contribution < -0.4 is 9.62 Å². The van der Waals surface area contributed by atoms with Crippen LogP contribution in [0.5, 0.6) is 0 Å². The number of nitrogens with zero attached hydrogens (tertiary/aromatic N) is 1. The highest BCUT2D eigenvalue weighted by atomic mass is 32.2. The molecule has 1 N–H and O–H groups in total. The minimum absolute atomic E-state index is 0.137. The molecule has 1 amide bonds. The number of rotatable bonds is 5. The second-order valence-corrected chi connectivity index (χ2v) is 10.1. The van der Waals surface area contributed by atoms with Gasteiger partial charge in [0.2, 0.25) is 5.91 Å². The lowest BCUT2D eigenvalue weighted by Gasteiger charge is -2.20. The Morgan fingerprint density at radius 2 is 1.82 bits per heavy atom. The summed E-state index contributed by atoms with van der Waals surface area (Å²) in [7, 11) is -3.70. The number of carbonyl (C=O) groups is 1. The maximum atomic E-state index is 12.9. The Kier molecular flexibility index (Phi) is 4.49. The van der Waals surface area contributed by atoms with Gasteiger partial charge in [0.1, 0.15) is 0 Å². The van der Waals surface area contributed by atoms with Crippen LogP contribution in [0.4, 0.5) is 11.4 Å². The summed E-state index contributed by atoms with van der Waals surface area (Å²) in [5.41, 5.74) is 3.16. The summed E-state index contributed by atoms with van der Waals surface area (Å²) in [6, 6.07) is 12.5. The normalized spacial score (nSPS) is 18.0. The molecule has 2 aromatic rings. The first kappa shape index (κ1) is 19.0. The Morgan fingerprint density at radius 1 is 1.14 bits per heavy atom. The van der Waals surface area contributed by atoms with Crippen LogP contribution in [-0.2, 0) is 26.7 Å². The van der Waals surface area contributed by atoms with Gasteiger partial charge in [0.15, 0.2) is 0 Å². The quantitative estimate of drug-likeness (QED) is 0.825. The molecule has 6 heteroatoms. The molecule has 0 bridgehead atoms. The number of hydrogen-bond acceptors (Lipinski definition) is 3. The molecular weight excluding hydrogens is 372 g/mol. The third-order valence-corrected chi connectivity index (χ3v) is 7.04. The van der Waals surface area contributed by atoms with E-state index in [1.54, 1.807) is 30.3 Å². The number of aryl methyl sites for hydroxylation is 1. The number of carbonyl (C=O) groups excluding carboxylic acids is 1. The van der Waals surface area contributed by atoms with Gasteiger partial charge in [-0.2, -0.15) is 0 Å². The summed E-state index contributed by atoms with van der Waals surface area (Å²) in [5.74, 6) is 0.300. The summed E-state index contributed by atoms with van der Waals surface area (Å²) < 4.78 is 28.5. The first-order chi connectivity index (χ1) is 13.2. The molecule has 5 nitrogen and oxygen atoms in total. The number of anilines is 2. The smallest absolute Gasteiger partial charge is 0.261 e. The molecule has 0 spiro atoms. The molecule has 1 aliphatic heterocycles. The van der Waals surface area contributed by atoms with Crippen LogP contribution in [0.25, 0.3) is 0 Å². The number of nitrogens with one attached hydrogen (secondary N) is 1. The molecule has 2 aromatic carbocycles. The first-order valence-electron chi connectivity index (χ1n) is 9.79. The second-order valence-electron chi connectivity index (χ2n) is 8.42. The number of sulfonamides is 1. The van der Waals surface area contributed by atoms with Gasteiger partial charge < -0.3 is 4.90 Å². The topological polar surface area (TPSA) is 66.5 Å². The molecular formula is C22H26N2O3S. The minimum atomic E-state index is -3.70. The summed E-state index contributed by atoms with van der Waals surface area (Å²) in [6.07, 6.45) is 2.82. The van der Waals surface area contributed by atoms with Gasteiger partial charge in [-0.15, -0.1) is 0 Å². The fourth-order valence-corrected chi connectivity index (χ4v) is 4.88. The number of amides is 1. The van der Waals surface area contributed by atoms with Crippen molar-refractivity contribution in [1.29, 1.82) is 0 Å². The Labute approximate surface area is 166 Å². The van der Waals surface area contributed by atoms with E-state index in [4.69, 9.17) is 0 Å². The van der Waals surface area contributed by atoms with E-state index in [0.29, 0.717) is 12.2 Å². The van der Waals surface area contributed by atoms with Crippen LogP contribution in [0.3, 0.4) is 0 Å². The third-order valence-electron chi connectivity index (χ3n) is 5.66. The summed E-state index contributed by atoms with van der Waals surface area (Å²) in [4.78, 5) is 14.7. The van der Waals surface area contributed by atoms with Gasteiger partial charge >= 0.3 is 0 Å². The molecule has 1 aliphatic carbocycles. The highest BCUT2D eigenvalue weighted by Crippen LogP contribution is 2.44. The van der Waals surface area contributed by atoms with Gasteiger partial charge in [-0.3, -0.25) is 9.52 Å². The third kappa shape index (κ3) is 3.41. The highest BCUT2D eigenvalue weighted by Gasteiger charge is 2.43. The molecule has 0 unspecified atom stereocenters. The number of fused-ring (bicyclic) bond motifs is 1. The lowest BCUT2D eigenvalue weighted by atomic mass is 9.87. The number of benzene rings is 2. The van der Waals surface area contributed by atoms with Gasteiger partial charge in [0.05, 0.1) is 4.90 Å². The van der Waals surface area contributed by atoms with Crippen molar-refractivity contribution in [2.24, 2.45) is 5.92 Å². The van der Waals surface area contributed by atoms with Crippen molar-refractivity contribution in [3.63, 3.8) is 0 Å². The van der Waals surface area contributed by atoms with Crippen molar-refractivity contribution in [2.75, 3.05) is 16.2 Å². The second kappa shape index (κ2) is 6.62. The van der Waals surface area contributed by atoms with E-state index >= 15 is 0 Å². The Hall–Kier alpha value is -2.34. The van der Waals surface area contributed by atoms with Gasteiger partial charge in [0.25, 0.3) is 10.0 Å². The molecule has 0 aromatic heterocycles. The van der Waals surface area contributed by atoms with E-state index in [2.05, 4.69) is 25.5 Å². The van der Waals surface area contributed by atoms with E-state index in [-0.39, 0.29) is 22.1 Å². The van der Waals surface area contributed by atoms with E-state index < -0.39 is 10.0 Å². The largest absolute Gasteiger partial charge is 0.311 e. The Balaban J connectivity index is 1.64. The molecule has 1 heterocycles. The average Bonchev–Trinajstić information content (AvgIpc) is 3.47. The molecule has 1 saturated carbocycles. The number of hydrogen-bond donors (Lipinski definition) is 1. The van der Waals surface area contributed by atoms with Gasteiger partial charge in [-0.1, -0.05) is 32.9 Å².